The molecule has 0 bridgehead atoms. The second-order valence-corrected chi connectivity index (χ2v) is 4.58. The highest BCUT2D eigenvalue weighted by Crippen LogP contribution is 2.33. The number of rotatable bonds is 2. The minimum absolute atomic E-state index is 0.0639. The molecule has 2 nitrogen and oxygen atoms in total. The zero-order valence-electron chi connectivity index (χ0n) is 10.3. The van der Waals surface area contributed by atoms with Crippen LogP contribution in [0.3, 0.4) is 0 Å². The van der Waals surface area contributed by atoms with Crippen LogP contribution >= 0.6 is 0 Å². The molecule has 106 valence electrons. The van der Waals surface area contributed by atoms with E-state index in [0.29, 0.717) is 18.9 Å². The van der Waals surface area contributed by atoms with E-state index in [4.69, 9.17) is 4.74 Å². The predicted molar refractivity (Wildman–Crippen MR) is 63.5 cm³/mol. The van der Waals surface area contributed by atoms with E-state index in [9.17, 15) is 17.6 Å². The molecule has 1 aromatic carbocycles. The van der Waals surface area contributed by atoms with Crippen molar-refractivity contribution in [3.05, 3.63) is 29.6 Å². The fourth-order valence-electron chi connectivity index (χ4n) is 2.12. The fourth-order valence-corrected chi connectivity index (χ4v) is 2.12. The third kappa shape index (κ3) is 3.83. The van der Waals surface area contributed by atoms with Crippen molar-refractivity contribution in [2.24, 2.45) is 0 Å². The van der Waals surface area contributed by atoms with Crippen molar-refractivity contribution in [2.45, 2.75) is 31.5 Å². The summed E-state index contributed by atoms with van der Waals surface area (Å²) in [6.45, 7) is 1.26. The van der Waals surface area contributed by atoms with Crippen LogP contribution in [-0.2, 0) is 10.9 Å². The molecule has 1 unspecified atom stereocenters. The summed E-state index contributed by atoms with van der Waals surface area (Å²) in [5.74, 6) is -1.25. The van der Waals surface area contributed by atoms with Crippen LogP contribution in [-0.4, -0.2) is 19.3 Å². The highest BCUT2D eigenvalue weighted by molar-refractivity contribution is 5.47. The number of nitrogens with one attached hydrogen (secondary N) is 1. The molecule has 1 aliphatic rings. The van der Waals surface area contributed by atoms with Crippen molar-refractivity contribution in [3.8, 4) is 0 Å². The Morgan fingerprint density at radius 2 is 1.95 bits per heavy atom. The maximum absolute atomic E-state index is 13.1. The van der Waals surface area contributed by atoms with Gasteiger partial charge in [0, 0.05) is 24.9 Å². The molecule has 6 heteroatoms. The molecule has 1 atom stereocenters. The molecule has 0 radical (unpaired) electrons. The molecule has 2 rings (SSSR count). The normalized spacial score (nSPS) is 20.9. The van der Waals surface area contributed by atoms with Crippen molar-refractivity contribution in [1.29, 1.82) is 0 Å². The highest BCUT2D eigenvalue weighted by Gasteiger charge is 2.34. The average Bonchev–Trinajstić information content (AvgIpc) is 2.59. The molecule has 1 aliphatic heterocycles. The first-order valence-electron chi connectivity index (χ1n) is 6.18. The Morgan fingerprint density at radius 1 is 1.16 bits per heavy atom. The second kappa shape index (κ2) is 5.77. The summed E-state index contributed by atoms with van der Waals surface area (Å²) in [5, 5.41) is 3.01. The standard InChI is InChI=1S/C13H15F4NO/c14-12-4-3-10(8-11(12)13(15,16)17)18-9-2-1-6-19-7-5-9/h3-4,8-9,18H,1-2,5-7H2. The Balaban J connectivity index is 2.12. The molecule has 0 saturated carbocycles. The van der Waals surface area contributed by atoms with Gasteiger partial charge in [-0.05, 0) is 37.5 Å². The lowest BCUT2D eigenvalue weighted by molar-refractivity contribution is -0.139. The van der Waals surface area contributed by atoms with Crippen LogP contribution in [0.1, 0.15) is 24.8 Å². The fraction of sp³-hybridized carbons (Fsp3) is 0.538. The number of anilines is 1. The summed E-state index contributed by atoms with van der Waals surface area (Å²) in [4.78, 5) is 0. The van der Waals surface area contributed by atoms with Gasteiger partial charge in [-0.15, -0.1) is 0 Å². The van der Waals surface area contributed by atoms with Crippen molar-refractivity contribution >= 4 is 5.69 Å². The predicted octanol–water partition coefficient (Wildman–Crippen LogP) is 3.83. The largest absolute Gasteiger partial charge is 0.419 e. The summed E-state index contributed by atoms with van der Waals surface area (Å²) in [6.07, 6.45) is -2.24. The number of alkyl halides is 3. The van der Waals surface area contributed by atoms with Crippen molar-refractivity contribution in [2.75, 3.05) is 18.5 Å². The summed E-state index contributed by atoms with van der Waals surface area (Å²) in [6, 6.07) is 3.06. The molecule has 0 spiro atoms. The van der Waals surface area contributed by atoms with Gasteiger partial charge in [0.15, 0.2) is 0 Å². The Kier molecular flexibility index (Phi) is 4.29. The molecular weight excluding hydrogens is 262 g/mol. The molecule has 1 heterocycles. The van der Waals surface area contributed by atoms with Crippen molar-refractivity contribution in [3.63, 3.8) is 0 Å². The molecular formula is C13H15F4NO. The summed E-state index contributed by atoms with van der Waals surface area (Å²) >= 11 is 0. The van der Waals surface area contributed by atoms with Crippen LogP contribution in [0.2, 0.25) is 0 Å². The Bertz CT molecular complexity index is 425. The Labute approximate surface area is 108 Å². The molecule has 0 aromatic heterocycles. The quantitative estimate of drug-likeness (QED) is 0.830. The average molecular weight is 277 g/mol. The Hall–Kier alpha value is -1.30. The number of hydrogen-bond donors (Lipinski definition) is 1. The molecule has 1 N–H and O–H groups in total. The molecule has 0 amide bonds. The number of benzene rings is 1. The van der Waals surface area contributed by atoms with Crippen LogP contribution in [0.25, 0.3) is 0 Å². The summed E-state index contributed by atoms with van der Waals surface area (Å²) < 4.78 is 56.2. The van der Waals surface area contributed by atoms with Gasteiger partial charge in [0.1, 0.15) is 5.82 Å². The van der Waals surface area contributed by atoms with Crippen LogP contribution in [0.4, 0.5) is 23.2 Å². The van der Waals surface area contributed by atoms with Gasteiger partial charge in [-0.25, -0.2) is 4.39 Å². The SMILES string of the molecule is Fc1ccc(NC2CCCOCC2)cc1C(F)(F)F. The van der Waals surface area contributed by atoms with Gasteiger partial charge in [0.2, 0.25) is 0 Å². The van der Waals surface area contributed by atoms with E-state index in [1.165, 1.54) is 6.07 Å². The van der Waals surface area contributed by atoms with Gasteiger partial charge in [0.05, 0.1) is 5.56 Å². The van der Waals surface area contributed by atoms with E-state index in [2.05, 4.69) is 5.32 Å². The van der Waals surface area contributed by atoms with E-state index >= 15 is 0 Å². The van der Waals surface area contributed by atoms with Gasteiger partial charge in [-0.3, -0.25) is 0 Å². The van der Waals surface area contributed by atoms with Crippen molar-refractivity contribution in [1.82, 2.24) is 0 Å². The summed E-state index contributed by atoms with van der Waals surface area (Å²) in [7, 11) is 0. The first-order chi connectivity index (χ1) is 8.97. The van der Waals surface area contributed by atoms with Gasteiger partial charge in [-0.2, -0.15) is 13.2 Å². The lowest BCUT2D eigenvalue weighted by Gasteiger charge is -2.18. The maximum Gasteiger partial charge on any atom is 0.419 e. The summed E-state index contributed by atoms with van der Waals surface area (Å²) in [5.41, 5.74) is -0.942. The lowest BCUT2D eigenvalue weighted by atomic mass is 10.1. The first-order valence-corrected chi connectivity index (χ1v) is 6.18. The van der Waals surface area contributed by atoms with Gasteiger partial charge in [0.25, 0.3) is 0 Å². The minimum atomic E-state index is -4.67. The minimum Gasteiger partial charge on any atom is -0.382 e. The van der Waals surface area contributed by atoms with Crippen LogP contribution in [0, 0.1) is 5.82 Å². The van der Waals surface area contributed by atoms with Crippen LogP contribution in [0.15, 0.2) is 18.2 Å². The van der Waals surface area contributed by atoms with Gasteiger partial charge in [-0.1, -0.05) is 0 Å². The lowest BCUT2D eigenvalue weighted by Crippen LogP contribution is -2.20. The topological polar surface area (TPSA) is 21.3 Å². The van der Waals surface area contributed by atoms with E-state index in [0.717, 1.165) is 31.4 Å². The van der Waals surface area contributed by atoms with Gasteiger partial charge < -0.3 is 10.1 Å². The van der Waals surface area contributed by atoms with E-state index in [1.807, 2.05) is 0 Å². The monoisotopic (exact) mass is 277 g/mol. The van der Waals surface area contributed by atoms with E-state index < -0.39 is 17.6 Å². The smallest absolute Gasteiger partial charge is 0.382 e. The molecule has 19 heavy (non-hydrogen) atoms. The highest BCUT2D eigenvalue weighted by atomic mass is 19.4. The zero-order chi connectivity index (χ0) is 13.9. The molecule has 1 fully saturated rings. The van der Waals surface area contributed by atoms with Crippen LogP contribution in [0.5, 0.6) is 0 Å². The Morgan fingerprint density at radius 3 is 2.68 bits per heavy atom. The van der Waals surface area contributed by atoms with E-state index in [1.54, 1.807) is 0 Å². The third-order valence-corrected chi connectivity index (χ3v) is 3.09. The number of halogens is 4. The van der Waals surface area contributed by atoms with Gasteiger partial charge >= 0.3 is 6.18 Å². The van der Waals surface area contributed by atoms with Crippen molar-refractivity contribution < 1.29 is 22.3 Å². The van der Waals surface area contributed by atoms with E-state index in [-0.39, 0.29) is 6.04 Å². The maximum atomic E-state index is 13.1. The number of hydrogen-bond acceptors (Lipinski definition) is 2. The molecule has 0 aliphatic carbocycles. The first kappa shape index (κ1) is 14.1. The zero-order valence-corrected chi connectivity index (χ0v) is 10.3. The second-order valence-electron chi connectivity index (χ2n) is 4.58. The third-order valence-electron chi connectivity index (χ3n) is 3.09. The number of ether oxygens (including phenoxy) is 1. The molecule has 1 aromatic rings. The molecule has 1 saturated heterocycles. The van der Waals surface area contributed by atoms with Crippen LogP contribution < -0.4 is 5.32 Å².